The van der Waals surface area contributed by atoms with Gasteiger partial charge in [0, 0.05) is 37.5 Å². The Morgan fingerprint density at radius 3 is 2.68 bits per heavy atom. The number of nitrogens with one attached hydrogen (secondary N) is 2. The summed E-state index contributed by atoms with van der Waals surface area (Å²) in [5.74, 6) is 0.664. The number of nitrogens with zero attached hydrogens (tertiary/aromatic N) is 2. The van der Waals surface area contributed by atoms with Crippen molar-refractivity contribution in [1.29, 1.82) is 0 Å². The summed E-state index contributed by atoms with van der Waals surface area (Å²) in [5, 5.41) is 6.03. The lowest BCUT2D eigenvalue weighted by Gasteiger charge is -2.13. The Balaban J connectivity index is 2.24. The predicted octanol–water partition coefficient (Wildman–Crippen LogP) is 2.94. The molecule has 118 valence electrons. The van der Waals surface area contributed by atoms with Crippen molar-refractivity contribution in [1.82, 2.24) is 9.97 Å². The minimum atomic E-state index is -0.496. The summed E-state index contributed by atoms with van der Waals surface area (Å²) >= 11 is 5.74. The predicted molar refractivity (Wildman–Crippen MR) is 83.4 cm³/mol. The molecule has 0 amide bonds. The lowest BCUT2D eigenvalue weighted by molar-refractivity contribution is 0.375. The van der Waals surface area contributed by atoms with Crippen LogP contribution < -0.4 is 20.1 Å². The van der Waals surface area contributed by atoms with Gasteiger partial charge in [0.2, 0.25) is 5.28 Å². The smallest absolute Gasteiger partial charge is 0.224 e. The summed E-state index contributed by atoms with van der Waals surface area (Å²) in [6, 6.07) is 3.03. The van der Waals surface area contributed by atoms with Crippen LogP contribution in [0.4, 0.5) is 15.9 Å². The molecule has 0 saturated carbocycles. The van der Waals surface area contributed by atoms with Crippen molar-refractivity contribution in [3.63, 3.8) is 0 Å². The van der Waals surface area contributed by atoms with Gasteiger partial charge in [0.05, 0.1) is 19.9 Å². The summed E-state index contributed by atoms with van der Waals surface area (Å²) in [6.07, 6.45) is 1.57. The summed E-state index contributed by atoms with van der Waals surface area (Å²) in [4.78, 5) is 7.97. The maximum atomic E-state index is 14.2. The normalized spacial score (nSPS) is 10.2. The highest BCUT2D eigenvalue weighted by Gasteiger charge is 2.13. The van der Waals surface area contributed by atoms with E-state index >= 15 is 0 Å². The van der Waals surface area contributed by atoms with E-state index in [1.165, 1.54) is 20.3 Å². The van der Waals surface area contributed by atoms with E-state index in [9.17, 15) is 4.39 Å². The van der Waals surface area contributed by atoms with Gasteiger partial charge in [0.1, 0.15) is 11.6 Å². The Bertz CT molecular complexity index is 670. The average Bonchev–Trinajstić information content (AvgIpc) is 2.54. The van der Waals surface area contributed by atoms with E-state index in [1.807, 2.05) is 0 Å². The molecule has 0 bridgehead atoms. The first-order chi connectivity index (χ1) is 10.6. The van der Waals surface area contributed by atoms with Gasteiger partial charge in [0.15, 0.2) is 11.6 Å². The van der Waals surface area contributed by atoms with Crippen LogP contribution in [0.1, 0.15) is 5.56 Å². The Hall–Kier alpha value is -2.28. The summed E-state index contributed by atoms with van der Waals surface area (Å²) in [6.45, 7) is 0.306. The molecule has 0 saturated heterocycles. The van der Waals surface area contributed by atoms with Crippen LogP contribution in [0.5, 0.6) is 11.5 Å². The highest BCUT2D eigenvalue weighted by molar-refractivity contribution is 6.28. The maximum absolute atomic E-state index is 14.2. The van der Waals surface area contributed by atoms with Crippen LogP contribution in [0.2, 0.25) is 5.28 Å². The molecule has 0 radical (unpaired) electrons. The fourth-order valence-electron chi connectivity index (χ4n) is 1.89. The van der Waals surface area contributed by atoms with E-state index in [2.05, 4.69) is 20.6 Å². The van der Waals surface area contributed by atoms with E-state index in [4.69, 9.17) is 21.1 Å². The van der Waals surface area contributed by atoms with Crippen molar-refractivity contribution in [2.75, 3.05) is 31.9 Å². The number of anilines is 2. The summed E-state index contributed by atoms with van der Waals surface area (Å²) in [7, 11) is 4.62. The summed E-state index contributed by atoms with van der Waals surface area (Å²) < 4.78 is 24.3. The molecule has 1 aromatic heterocycles. The molecule has 8 heteroatoms. The third-order valence-electron chi connectivity index (χ3n) is 3.01. The monoisotopic (exact) mass is 326 g/mol. The van der Waals surface area contributed by atoms with Crippen molar-refractivity contribution in [2.24, 2.45) is 0 Å². The topological polar surface area (TPSA) is 68.3 Å². The van der Waals surface area contributed by atoms with Gasteiger partial charge >= 0.3 is 0 Å². The zero-order chi connectivity index (χ0) is 16.1. The van der Waals surface area contributed by atoms with E-state index < -0.39 is 5.82 Å². The number of hydrogen-bond donors (Lipinski definition) is 2. The van der Waals surface area contributed by atoms with Crippen molar-refractivity contribution in [3.05, 3.63) is 35.0 Å². The second-order valence-corrected chi connectivity index (χ2v) is 4.65. The second kappa shape index (κ2) is 7.13. The highest BCUT2D eigenvalue weighted by atomic mass is 35.5. The molecule has 0 fully saturated rings. The van der Waals surface area contributed by atoms with Crippen LogP contribution in [0.3, 0.4) is 0 Å². The third kappa shape index (κ3) is 3.48. The lowest BCUT2D eigenvalue weighted by Crippen LogP contribution is -2.07. The van der Waals surface area contributed by atoms with Crippen LogP contribution in [0, 0.1) is 5.82 Å². The molecule has 2 N–H and O–H groups in total. The number of benzene rings is 1. The molecule has 0 aliphatic carbocycles. The fraction of sp³-hybridized carbons (Fsp3) is 0.286. The van der Waals surface area contributed by atoms with Crippen LogP contribution in [0.25, 0.3) is 0 Å². The van der Waals surface area contributed by atoms with Gasteiger partial charge in [-0.1, -0.05) is 0 Å². The molecule has 2 rings (SSSR count). The Kier molecular flexibility index (Phi) is 5.21. The molecule has 2 aromatic rings. The Labute approximate surface area is 132 Å². The quantitative estimate of drug-likeness (QED) is 0.796. The first kappa shape index (κ1) is 16.1. The van der Waals surface area contributed by atoms with Crippen molar-refractivity contribution < 1.29 is 13.9 Å². The number of ether oxygens (including phenoxy) is 2. The number of halogens is 2. The zero-order valence-electron chi connectivity index (χ0n) is 12.4. The number of rotatable bonds is 6. The fourth-order valence-corrected chi connectivity index (χ4v) is 2.02. The highest BCUT2D eigenvalue weighted by Crippen LogP contribution is 2.31. The molecule has 0 aliphatic rings. The maximum Gasteiger partial charge on any atom is 0.224 e. The minimum Gasteiger partial charge on any atom is -0.497 e. The molecule has 0 spiro atoms. The molecule has 0 atom stereocenters. The first-order valence-electron chi connectivity index (χ1n) is 6.43. The Morgan fingerprint density at radius 1 is 1.27 bits per heavy atom. The molecule has 22 heavy (non-hydrogen) atoms. The average molecular weight is 327 g/mol. The van der Waals surface area contributed by atoms with Crippen LogP contribution >= 0.6 is 11.6 Å². The van der Waals surface area contributed by atoms with E-state index in [-0.39, 0.29) is 16.7 Å². The standard InChI is InChI=1S/C14H16ClFN4O2/c1-17-13-8(7-19-14(15)20-13)6-18-10-4-9(21-2)5-11(22-3)12(10)16/h4-5,7,18H,6H2,1-3H3,(H,17,19,20). The SMILES string of the molecule is CNc1nc(Cl)ncc1CNc1cc(OC)cc(OC)c1F. The largest absolute Gasteiger partial charge is 0.497 e. The van der Waals surface area contributed by atoms with Crippen molar-refractivity contribution >= 4 is 23.1 Å². The van der Waals surface area contributed by atoms with Gasteiger partial charge in [-0.25, -0.2) is 14.4 Å². The summed E-state index contributed by atoms with van der Waals surface area (Å²) in [5.41, 5.74) is 1.00. The van der Waals surface area contributed by atoms with Crippen molar-refractivity contribution in [2.45, 2.75) is 6.54 Å². The molecular weight excluding hydrogens is 311 g/mol. The van der Waals surface area contributed by atoms with Crippen molar-refractivity contribution in [3.8, 4) is 11.5 Å². The van der Waals surface area contributed by atoms with Crippen LogP contribution in [-0.2, 0) is 6.54 Å². The third-order valence-corrected chi connectivity index (χ3v) is 3.19. The van der Waals surface area contributed by atoms with E-state index in [1.54, 1.807) is 19.3 Å². The van der Waals surface area contributed by atoms with Gasteiger partial charge in [0.25, 0.3) is 0 Å². The van der Waals surface area contributed by atoms with Gasteiger partial charge < -0.3 is 20.1 Å². The number of methoxy groups -OCH3 is 2. The van der Waals surface area contributed by atoms with Gasteiger partial charge in [-0.05, 0) is 11.6 Å². The first-order valence-corrected chi connectivity index (χ1v) is 6.81. The van der Waals surface area contributed by atoms with Gasteiger partial charge in [-0.2, -0.15) is 0 Å². The van der Waals surface area contributed by atoms with Gasteiger partial charge in [-0.15, -0.1) is 0 Å². The van der Waals surface area contributed by atoms with Gasteiger partial charge in [-0.3, -0.25) is 0 Å². The lowest BCUT2D eigenvalue weighted by atomic mass is 10.2. The molecule has 1 aromatic carbocycles. The Morgan fingerprint density at radius 2 is 2.05 bits per heavy atom. The molecule has 0 unspecified atom stereocenters. The zero-order valence-corrected chi connectivity index (χ0v) is 13.2. The molecule has 6 nitrogen and oxygen atoms in total. The molecule has 0 aliphatic heterocycles. The van der Waals surface area contributed by atoms with E-state index in [0.717, 1.165) is 5.56 Å². The second-order valence-electron chi connectivity index (χ2n) is 4.31. The molecular formula is C14H16ClFN4O2. The van der Waals surface area contributed by atoms with Crippen LogP contribution in [-0.4, -0.2) is 31.2 Å². The van der Waals surface area contributed by atoms with E-state index in [0.29, 0.717) is 18.1 Å². The molecule has 1 heterocycles. The minimum absolute atomic E-state index is 0.100. The number of hydrogen-bond acceptors (Lipinski definition) is 6. The van der Waals surface area contributed by atoms with Crippen LogP contribution in [0.15, 0.2) is 18.3 Å². The number of aromatic nitrogens is 2.